The average molecular weight is 413 g/mol. The number of halogens is 1. The zero-order chi connectivity index (χ0) is 21.1. The van der Waals surface area contributed by atoms with Crippen LogP contribution >= 0.6 is 0 Å². The van der Waals surface area contributed by atoms with E-state index in [-0.39, 0.29) is 23.5 Å². The molecule has 0 spiro atoms. The van der Waals surface area contributed by atoms with Crippen molar-refractivity contribution in [3.05, 3.63) is 65.0 Å². The maximum atomic E-state index is 13.7. The molecule has 2 aromatic rings. The van der Waals surface area contributed by atoms with E-state index in [1.54, 1.807) is 6.07 Å². The molecule has 1 aliphatic heterocycles. The molecular weight excluding hydrogens is 383 g/mol. The number of hydroxylamine groups is 2. The van der Waals surface area contributed by atoms with Crippen LogP contribution in [0.5, 0.6) is 5.75 Å². The molecule has 1 unspecified atom stereocenters. The maximum Gasteiger partial charge on any atom is 0.277 e. The Hall–Kier alpha value is -2.44. The summed E-state index contributed by atoms with van der Waals surface area (Å²) >= 11 is 0. The number of carbonyl (C=O) groups is 1. The Kier molecular flexibility index (Phi) is 6.35. The van der Waals surface area contributed by atoms with Crippen LogP contribution < -0.4 is 10.1 Å². The number of nitrogens with zero attached hydrogens (tertiary/aromatic N) is 1. The normalized spacial score (nSPS) is 22.3. The number of nitrogens with one attached hydrogen (secondary N) is 1. The van der Waals surface area contributed by atoms with E-state index in [1.165, 1.54) is 23.8 Å². The van der Waals surface area contributed by atoms with Crippen molar-refractivity contribution in [2.45, 2.75) is 50.6 Å². The minimum absolute atomic E-state index is 0.0615. The van der Waals surface area contributed by atoms with Gasteiger partial charge >= 0.3 is 0 Å². The summed E-state index contributed by atoms with van der Waals surface area (Å²) in [5.74, 6) is 0.352. The quantitative estimate of drug-likeness (QED) is 0.754. The summed E-state index contributed by atoms with van der Waals surface area (Å²) in [5, 5.41) is 5.13. The first-order valence-electron chi connectivity index (χ1n) is 10.7. The summed E-state index contributed by atoms with van der Waals surface area (Å²) in [4.78, 5) is 17.8. The van der Waals surface area contributed by atoms with Gasteiger partial charge in [0.05, 0.1) is 20.3 Å². The van der Waals surface area contributed by atoms with Crippen molar-refractivity contribution in [2.75, 3.05) is 20.3 Å². The summed E-state index contributed by atoms with van der Waals surface area (Å²) in [5.41, 5.74) is 2.96. The largest absolute Gasteiger partial charge is 0.494 e. The summed E-state index contributed by atoms with van der Waals surface area (Å²) in [6.45, 7) is 3.37. The fourth-order valence-electron chi connectivity index (χ4n) is 4.48. The van der Waals surface area contributed by atoms with Crippen LogP contribution in [-0.2, 0) is 4.84 Å². The van der Waals surface area contributed by atoms with Crippen LogP contribution in [0.25, 0.3) is 0 Å². The molecule has 3 atom stereocenters. The lowest BCUT2D eigenvalue weighted by molar-refractivity contribution is -0.0768. The number of carbonyl (C=O) groups excluding carboxylic acids is 1. The molecule has 0 radical (unpaired) electrons. The van der Waals surface area contributed by atoms with Crippen LogP contribution in [0.2, 0.25) is 0 Å². The van der Waals surface area contributed by atoms with Gasteiger partial charge in [-0.15, -0.1) is 0 Å². The lowest BCUT2D eigenvalue weighted by atomic mass is 9.96. The van der Waals surface area contributed by atoms with Gasteiger partial charge in [0.2, 0.25) is 0 Å². The van der Waals surface area contributed by atoms with E-state index < -0.39 is 0 Å². The maximum absolute atomic E-state index is 13.7. The van der Waals surface area contributed by atoms with Crippen molar-refractivity contribution in [1.82, 2.24) is 10.4 Å². The molecule has 0 bridgehead atoms. The molecule has 1 saturated heterocycles. The molecule has 4 rings (SSSR count). The number of hydrogen-bond acceptors (Lipinski definition) is 4. The summed E-state index contributed by atoms with van der Waals surface area (Å²) < 4.78 is 18.8. The molecule has 1 aliphatic carbocycles. The van der Waals surface area contributed by atoms with Gasteiger partial charge in [0.25, 0.3) is 5.91 Å². The highest BCUT2D eigenvalue weighted by Gasteiger charge is 2.28. The van der Waals surface area contributed by atoms with Gasteiger partial charge < -0.3 is 10.1 Å². The molecule has 2 fully saturated rings. The minimum atomic E-state index is -0.340. The smallest absolute Gasteiger partial charge is 0.277 e. The molecule has 1 amide bonds. The molecule has 2 aromatic carbocycles. The number of amides is 1. The fraction of sp³-hybridized carbons (Fsp3) is 0.458. The number of benzene rings is 2. The van der Waals surface area contributed by atoms with Crippen LogP contribution in [0.3, 0.4) is 0 Å². The van der Waals surface area contributed by atoms with E-state index >= 15 is 0 Å². The monoisotopic (exact) mass is 412 g/mol. The Morgan fingerprint density at radius 1 is 1.23 bits per heavy atom. The Morgan fingerprint density at radius 3 is 2.73 bits per heavy atom. The van der Waals surface area contributed by atoms with Crippen molar-refractivity contribution in [3.8, 4) is 5.75 Å². The molecule has 1 N–H and O–H groups in total. The third kappa shape index (κ3) is 4.50. The highest BCUT2D eigenvalue weighted by molar-refractivity contribution is 5.93. The standard InChI is InChI=1S/C24H29FN2O3/c1-16(19-9-11-22(25)23(15-19)29-2)26-21-10-8-20(14-21)17-4-6-18(7-5-17)24(28)27-12-3-13-30-27/h4-7,9,11,15-16,20-21,26H,3,8,10,12-14H2,1-2H3/t16-,20?,21+/m1/s1. The Balaban J connectivity index is 1.34. The molecule has 30 heavy (non-hydrogen) atoms. The van der Waals surface area contributed by atoms with E-state index in [0.717, 1.165) is 31.2 Å². The molecule has 6 heteroatoms. The van der Waals surface area contributed by atoms with Gasteiger partial charge in [-0.2, -0.15) is 0 Å². The summed E-state index contributed by atoms with van der Waals surface area (Å²) in [6.07, 6.45) is 4.14. The molecule has 160 valence electrons. The van der Waals surface area contributed by atoms with Crippen molar-refractivity contribution in [1.29, 1.82) is 0 Å². The van der Waals surface area contributed by atoms with Crippen molar-refractivity contribution in [3.63, 3.8) is 0 Å². The average Bonchev–Trinajstić information content (AvgIpc) is 3.46. The van der Waals surface area contributed by atoms with Crippen molar-refractivity contribution in [2.24, 2.45) is 0 Å². The van der Waals surface area contributed by atoms with Gasteiger partial charge in [-0.25, -0.2) is 9.45 Å². The third-order valence-corrected chi connectivity index (χ3v) is 6.20. The number of rotatable bonds is 6. The Morgan fingerprint density at radius 2 is 2.03 bits per heavy atom. The number of ether oxygens (including phenoxy) is 1. The van der Waals surface area contributed by atoms with Gasteiger partial charge in [0.15, 0.2) is 11.6 Å². The van der Waals surface area contributed by atoms with Gasteiger partial charge in [-0.05, 0) is 73.9 Å². The Bertz CT molecular complexity index is 881. The first-order valence-corrected chi connectivity index (χ1v) is 10.7. The van der Waals surface area contributed by atoms with Crippen LogP contribution in [-0.4, -0.2) is 37.3 Å². The molecule has 5 nitrogen and oxygen atoms in total. The second-order valence-electron chi connectivity index (χ2n) is 8.21. The lowest BCUT2D eigenvalue weighted by Crippen LogP contribution is -2.29. The predicted molar refractivity (Wildman–Crippen MR) is 113 cm³/mol. The Labute approximate surface area is 177 Å². The highest BCUT2D eigenvalue weighted by Crippen LogP contribution is 2.36. The van der Waals surface area contributed by atoms with Gasteiger partial charge in [0, 0.05) is 17.6 Å². The summed E-state index contributed by atoms with van der Waals surface area (Å²) in [7, 11) is 1.48. The molecule has 2 aliphatic rings. The molecule has 1 heterocycles. The van der Waals surface area contributed by atoms with Gasteiger partial charge in [-0.3, -0.25) is 9.63 Å². The highest BCUT2D eigenvalue weighted by atomic mass is 19.1. The molecule has 0 aromatic heterocycles. The predicted octanol–water partition coefficient (Wildman–Crippen LogP) is 4.60. The van der Waals surface area contributed by atoms with E-state index in [0.29, 0.717) is 30.7 Å². The number of hydrogen-bond donors (Lipinski definition) is 1. The first-order chi connectivity index (χ1) is 14.5. The van der Waals surface area contributed by atoms with Crippen LogP contribution in [0.15, 0.2) is 42.5 Å². The molecular formula is C24H29FN2O3. The van der Waals surface area contributed by atoms with Crippen molar-refractivity contribution >= 4 is 5.91 Å². The minimum Gasteiger partial charge on any atom is -0.494 e. The topological polar surface area (TPSA) is 50.8 Å². The van der Waals surface area contributed by atoms with Crippen LogP contribution in [0.4, 0.5) is 4.39 Å². The van der Waals surface area contributed by atoms with E-state index in [4.69, 9.17) is 9.57 Å². The van der Waals surface area contributed by atoms with E-state index in [1.807, 2.05) is 18.2 Å². The zero-order valence-electron chi connectivity index (χ0n) is 17.6. The van der Waals surface area contributed by atoms with Crippen LogP contribution in [0.1, 0.15) is 66.1 Å². The van der Waals surface area contributed by atoms with E-state index in [9.17, 15) is 9.18 Å². The van der Waals surface area contributed by atoms with E-state index in [2.05, 4.69) is 24.4 Å². The lowest BCUT2D eigenvalue weighted by Gasteiger charge is -2.21. The second-order valence-corrected chi connectivity index (χ2v) is 8.21. The zero-order valence-corrected chi connectivity index (χ0v) is 17.6. The van der Waals surface area contributed by atoms with Crippen molar-refractivity contribution < 1.29 is 18.8 Å². The van der Waals surface area contributed by atoms with Crippen LogP contribution in [0, 0.1) is 5.82 Å². The fourth-order valence-corrected chi connectivity index (χ4v) is 4.48. The first kappa shape index (κ1) is 20.8. The molecule has 1 saturated carbocycles. The second kappa shape index (κ2) is 9.14. The number of methoxy groups -OCH3 is 1. The van der Waals surface area contributed by atoms with Gasteiger partial charge in [-0.1, -0.05) is 18.2 Å². The van der Waals surface area contributed by atoms with Gasteiger partial charge in [0.1, 0.15) is 0 Å². The third-order valence-electron chi connectivity index (χ3n) is 6.20. The summed E-state index contributed by atoms with van der Waals surface area (Å²) in [6, 6.07) is 13.5. The SMILES string of the molecule is COc1cc([C@@H](C)N[C@H]2CCC(c3ccc(C(=O)N4CCCO4)cc3)C2)ccc1F.